The molecule has 0 N–H and O–H groups in total. The molecule has 1 rings (SSSR count). The van der Waals surface area contributed by atoms with Crippen LogP contribution in [0.5, 0.6) is 0 Å². The van der Waals surface area contributed by atoms with Crippen LogP contribution in [0.15, 0.2) is 42.6 Å². The fourth-order valence-corrected chi connectivity index (χ4v) is 0.485. The first-order valence-corrected chi connectivity index (χ1v) is 4.91. The second-order valence-electron chi connectivity index (χ2n) is 2.20. The normalized spacial score (nSPS) is 9.69. The largest absolute Gasteiger partial charge is 0.745 e. The van der Waals surface area contributed by atoms with Crippen LogP contribution in [-0.2, 0) is 17.2 Å². The molecule has 0 spiro atoms. The van der Waals surface area contributed by atoms with Gasteiger partial charge in [-0.2, -0.15) is 0 Å². The van der Waals surface area contributed by atoms with Gasteiger partial charge in [-0.15, -0.1) is 0 Å². The summed E-state index contributed by atoms with van der Waals surface area (Å²) in [6.45, 7) is 2.73. The Morgan fingerprint density at radius 1 is 1.31 bits per heavy atom. The summed E-state index contributed by atoms with van der Waals surface area (Å²) in [6.07, 6.45) is 4.00. The Morgan fingerprint density at radius 2 is 1.69 bits per heavy atom. The Hall–Kier alpha value is -1.20. The highest BCUT2D eigenvalue weighted by Crippen LogP contribution is 1.75. The number of hydrogen-bond acceptors (Lipinski definition) is 3. The van der Waals surface area contributed by atoms with Crippen LogP contribution in [0.25, 0.3) is 0 Å². The SMILES string of the molecule is C=CS(=O)(=O)[O-].C[n+]1ccccc1. The highest BCUT2D eigenvalue weighted by molar-refractivity contribution is 7.88. The molecule has 1 heterocycles. The second kappa shape index (κ2) is 5.45. The van der Waals surface area contributed by atoms with E-state index in [0.29, 0.717) is 5.41 Å². The van der Waals surface area contributed by atoms with Gasteiger partial charge >= 0.3 is 0 Å². The highest BCUT2D eigenvalue weighted by atomic mass is 32.2. The molecule has 0 saturated heterocycles. The molecule has 0 aromatic carbocycles. The molecule has 5 heteroatoms. The minimum Gasteiger partial charge on any atom is -0.745 e. The van der Waals surface area contributed by atoms with E-state index >= 15 is 0 Å². The van der Waals surface area contributed by atoms with E-state index in [-0.39, 0.29) is 0 Å². The zero-order chi connectivity index (χ0) is 10.3. The van der Waals surface area contributed by atoms with Gasteiger partial charge in [-0.05, 0) is 0 Å². The molecule has 1 aromatic rings. The van der Waals surface area contributed by atoms with E-state index in [1.54, 1.807) is 0 Å². The van der Waals surface area contributed by atoms with Crippen LogP contribution in [0.1, 0.15) is 0 Å². The quantitative estimate of drug-likeness (QED) is 0.481. The zero-order valence-corrected chi connectivity index (χ0v) is 8.07. The smallest absolute Gasteiger partial charge is 0.168 e. The van der Waals surface area contributed by atoms with Crippen LogP contribution >= 0.6 is 0 Å². The Labute approximate surface area is 77.9 Å². The number of hydrogen-bond donors (Lipinski definition) is 0. The van der Waals surface area contributed by atoms with Gasteiger partial charge in [-0.3, -0.25) is 0 Å². The Bertz CT molecular complexity index is 333. The van der Waals surface area contributed by atoms with Crippen LogP contribution in [0.3, 0.4) is 0 Å². The molecule has 0 atom stereocenters. The van der Waals surface area contributed by atoms with Crippen LogP contribution in [0.2, 0.25) is 0 Å². The number of aryl methyl sites for hydroxylation is 1. The van der Waals surface area contributed by atoms with Crippen LogP contribution in [0, 0.1) is 0 Å². The Kier molecular flexibility index (Phi) is 4.94. The molecule has 0 aliphatic rings. The number of nitrogens with zero attached hydrogens (tertiary/aromatic N) is 1. The maximum atomic E-state index is 9.33. The van der Waals surface area contributed by atoms with Crippen molar-refractivity contribution in [1.29, 1.82) is 0 Å². The molecule has 72 valence electrons. The van der Waals surface area contributed by atoms with E-state index in [0.717, 1.165) is 0 Å². The third-order valence-corrected chi connectivity index (χ3v) is 1.48. The van der Waals surface area contributed by atoms with Crippen LogP contribution < -0.4 is 4.57 Å². The molecule has 0 amide bonds. The van der Waals surface area contributed by atoms with Crippen molar-refractivity contribution in [3.63, 3.8) is 0 Å². The molecule has 0 unspecified atom stereocenters. The average molecular weight is 201 g/mol. The van der Waals surface area contributed by atoms with E-state index < -0.39 is 10.1 Å². The molecule has 13 heavy (non-hydrogen) atoms. The van der Waals surface area contributed by atoms with Crippen molar-refractivity contribution in [2.45, 2.75) is 0 Å². The lowest BCUT2D eigenvalue weighted by Crippen LogP contribution is -2.25. The van der Waals surface area contributed by atoms with E-state index in [1.165, 1.54) is 0 Å². The summed E-state index contributed by atoms with van der Waals surface area (Å²) in [4.78, 5) is 0. The number of rotatable bonds is 1. The summed E-state index contributed by atoms with van der Waals surface area (Å²) in [5.74, 6) is 0. The van der Waals surface area contributed by atoms with E-state index in [4.69, 9.17) is 0 Å². The van der Waals surface area contributed by atoms with Crippen molar-refractivity contribution in [3.05, 3.63) is 42.6 Å². The fourth-order valence-electron chi connectivity index (χ4n) is 0.485. The van der Waals surface area contributed by atoms with Crippen molar-refractivity contribution in [1.82, 2.24) is 0 Å². The molecule has 0 aliphatic heterocycles. The van der Waals surface area contributed by atoms with Gasteiger partial charge in [0.15, 0.2) is 12.4 Å². The summed E-state index contributed by atoms with van der Waals surface area (Å²) in [5.41, 5.74) is 0. The molecule has 0 saturated carbocycles. The fraction of sp³-hybridized carbons (Fsp3) is 0.125. The van der Waals surface area contributed by atoms with Gasteiger partial charge in [0.05, 0.1) is 0 Å². The molecular weight excluding hydrogens is 190 g/mol. The van der Waals surface area contributed by atoms with Gasteiger partial charge in [0.1, 0.15) is 17.2 Å². The minimum atomic E-state index is -4.15. The van der Waals surface area contributed by atoms with Gasteiger partial charge in [-0.1, -0.05) is 12.6 Å². The van der Waals surface area contributed by atoms with Crippen LogP contribution in [0.4, 0.5) is 0 Å². The molecule has 1 aromatic heterocycles. The first kappa shape index (κ1) is 11.8. The lowest BCUT2D eigenvalue weighted by molar-refractivity contribution is -0.671. The minimum absolute atomic E-state index is 0.354. The van der Waals surface area contributed by atoms with Gasteiger partial charge in [0.25, 0.3) is 0 Å². The lowest BCUT2D eigenvalue weighted by atomic mass is 10.5. The van der Waals surface area contributed by atoms with Crippen molar-refractivity contribution in [2.24, 2.45) is 7.05 Å². The summed E-state index contributed by atoms with van der Waals surface area (Å²) < 4.78 is 30.0. The Balaban J connectivity index is 0.000000226. The summed E-state index contributed by atoms with van der Waals surface area (Å²) in [7, 11) is -2.15. The third-order valence-electron chi connectivity index (χ3n) is 1.07. The van der Waals surface area contributed by atoms with Gasteiger partial charge in [0.2, 0.25) is 0 Å². The number of aromatic nitrogens is 1. The molecule has 0 bridgehead atoms. The van der Waals surface area contributed by atoms with Crippen molar-refractivity contribution < 1.29 is 17.5 Å². The molecular formula is C8H11NO3S. The van der Waals surface area contributed by atoms with Crippen molar-refractivity contribution >= 4 is 10.1 Å². The zero-order valence-electron chi connectivity index (χ0n) is 7.25. The Morgan fingerprint density at radius 3 is 1.85 bits per heavy atom. The maximum absolute atomic E-state index is 9.33. The predicted molar refractivity (Wildman–Crippen MR) is 47.5 cm³/mol. The summed E-state index contributed by atoms with van der Waals surface area (Å²) in [6, 6.07) is 6.00. The molecule has 4 nitrogen and oxygen atoms in total. The topological polar surface area (TPSA) is 61.1 Å². The lowest BCUT2D eigenvalue weighted by Gasteiger charge is -1.92. The average Bonchev–Trinajstić information content (AvgIpc) is 2.06. The molecule has 0 fully saturated rings. The van der Waals surface area contributed by atoms with E-state index in [2.05, 4.69) is 6.58 Å². The third kappa shape index (κ3) is 8.71. The summed E-state index contributed by atoms with van der Waals surface area (Å²) >= 11 is 0. The van der Waals surface area contributed by atoms with Gasteiger partial charge in [0, 0.05) is 17.5 Å². The molecule has 0 aliphatic carbocycles. The van der Waals surface area contributed by atoms with Gasteiger partial charge in [-0.25, -0.2) is 13.0 Å². The number of pyridine rings is 1. The standard InChI is InChI=1S/C6H8N.C2H4O3S/c1-7-5-3-2-4-6-7;1-2-6(3,4)5/h2-6H,1H3;2H,1H2,(H,3,4,5)/q+1;/p-1. The molecule has 0 radical (unpaired) electrons. The highest BCUT2D eigenvalue weighted by Gasteiger charge is 1.78. The predicted octanol–water partition coefficient (Wildman–Crippen LogP) is 0.186. The van der Waals surface area contributed by atoms with E-state index in [9.17, 15) is 13.0 Å². The first-order chi connectivity index (χ1) is 5.95. The maximum Gasteiger partial charge on any atom is 0.168 e. The van der Waals surface area contributed by atoms with Gasteiger partial charge < -0.3 is 4.55 Å². The van der Waals surface area contributed by atoms with Crippen LogP contribution in [-0.4, -0.2) is 13.0 Å². The van der Waals surface area contributed by atoms with E-state index in [1.807, 2.05) is 42.2 Å². The monoisotopic (exact) mass is 201 g/mol. The second-order valence-corrected chi connectivity index (χ2v) is 3.52. The first-order valence-electron chi connectivity index (χ1n) is 3.44. The van der Waals surface area contributed by atoms with Crippen molar-refractivity contribution in [3.8, 4) is 0 Å². The van der Waals surface area contributed by atoms with Crippen molar-refractivity contribution in [2.75, 3.05) is 0 Å². The summed E-state index contributed by atoms with van der Waals surface area (Å²) in [5, 5.41) is 0.354.